The molecule has 0 aliphatic heterocycles. The van der Waals surface area contributed by atoms with E-state index in [1.807, 2.05) is 0 Å². The van der Waals surface area contributed by atoms with E-state index < -0.39 is 7.26 Å². The van der Waals surface area contributed by atoms with E-state index >= 15 is 0 Å². The lowest BCUT2D eigenvalue weighted by atomic mass is 10.2. The minimum atomic E-state index is -1.70. The van der Waals surface area contributed by atoms with Crippen molar-refractivity contribution in [1.29, 1.82) is 0 Å². The van der Waals surface area contributed by atoms with Gasteiger partial charge in [-0.2, -0.15) is 0 Å². The van der Waals surface area contributed by atoms with Crippen LogP contribution in [0.4, 0.5) is 0 Å². The van der Waals surface area contributed by atoms with Crippen LogP contribution in [-0.4, -0.2) is 19.4 Å². The summed E-state index contributed by atoms with van der Waals surface area (Å²) >= 11 is 0. The van der Waals surface area contributed by atoms with E-state index in [1.54, 1.807) is 0 Å². The highest BCUT2D eigenvalue weighted by atomic mass is 31.2. The fourth-order valence-corrected chi connectivity index (χ4v) is 8.96. The monoisotopic (exact) mass is 453 g/mol. The van der Waals surface area contributed by atoms with Crippen molar-refractivity contribution >= 4 is 23.2 Å². The summed E-state index contributed by atoms with van der Waals surface area (Å²) in [5.41, 5.74) is 1.35. The van der Waals surface area contributed by atoms with Crippen molar-refractivity contribution in [2.75, 3.05) is 19.4 Å². The van der Waals surface area contributed by atoms with Gasteiger partial charge in [0.05, 0.1) is 12.8 Å². The lowest BCUT2D eigenvalue weighted by Crippen LogP contribution is -2.33. The molecule has 0 spiro atoms. The van der Waals surface area contributed by atoms with Gasteiger partial charge in [-0.25, -0.2) is 0 Å². The first-order valence-electron chi connectivity index (χ1n) is 12.1. The van der Waals surface area contributed by atoms with Gasteiger partial charge in [-0.05, 0) is 67.6 Å². The lowest BCUT2D eigenvalue weighted by molar-refractivity contribution is 0.133. The maximum atomic E-state index is 5.93. The zero-order valence-electron chi connectivity index (χ0n) is 19.4. The third kappa shape index (κ3) is 6.20. The fourth-order valence-electron chi connectivity index (χ4n) is 4.55. The van der Waals surface area contributed by atoms with Crippen LogP contribution in [0, 0.1) is 0 Å². The van der Waals surface area contributed by atoms with Gasteiger partial charge in [0.15, 0.2) is 0 Å². The molecule has 2 heteroatoms. The van der Waals surface area contributed by atoms with Crippen LogP contribution in [0.2, 0.25) is 0 Å². The minimum Gasteiger partial charge on any atom is -0.381 e. The summed E-state index contributed by atoms with van der Waals surface area (Å²) in [6.45, 7) is 1.65. The van der Waals surface area contributed by atoms with Gasteiger partial charge >= 0.3 is 0 Å². The van der Waals surface area contributed by atoms with Gasteiger partial charge in [0.1, 0.15) is 23.2 Å². The molecule has 0 aromatic heterocycles. The Morgan fingerprint density at radius 1 is 0.455 bits per heavy atom. The molecule has 0 N–H and O–H groups in total. The summed E-state index contributed by atoms with van der Waals surface area (Å²) in [6.07, 6.45) is 5.70. The highest BCUT2D eigenvalue weighted by molar-refractivity contribution is 7.95. The first-order valence-corrected chi connectivity index (χ1v) is 14.0. The zero-order chi connectivity index (χ0) is 22.6. The van der Waals surface area contributed by atoms with Crippen LogP contribution in [-0.2, 0) is 11.2 Å². The molecule has 0 bridgehead atoms. The van der Waals surface area contributed by atoms with Gasteiger partial charge < -0.3 is 4.74 Å². The average Bonchev–Trinajstić information content (AvgIpc) is 2.90. The second-order valence-corrected chi connectivity index (χ2v) is 12.1. The van der Waals surface area contributed by atoms with Crippen molar-refractivity contribution in [1.82, 2.24) is 0 Å². The Morgan fingerprint density at radius 2 is 0.909 bits per heavy atom. The highest BCUT2D eigenvalue weighted by Crippen LogP contribution is 2.55. The summed E-state index contributed by atoms with van der Waals surface area (Å²) in [4.78, 5) is 0. The zero-order valence-corrected chi connectivity index (χ0v) is 20.2. The molecule has 0 atom stereocenters. The summed E-state index contributed by atoms with van der Waals surface area (Å²) in [5, 5.41) is 4.42. The normalized spacial score (nSPS) is 11.4. The van der Waals surface area contributed by atoms with Gasteiger partial charge in [0.25, 0.3) is 0 Å². The van der Waals surface area contributed by atoms with Crippen molar-refractivity contribution in [3.8, 4) is 0 Å². The van der Waals surface area contributed by atoms with Crippen LogP contribution >= 0.6 is 7.26 Å². The molecule has 0 aliphatic rings. The standard InChI is InChI=1S/C31H34OP/c1-6-16-28(17-7-1)24-26-32-25-14-5-15-27-33(29-18-8-2-9-19-29,30-20-10-3-11-21-30)31-22-12-4-13-23-31/h1-4,6-13,16-23H,5,14-15,24-27H2/q+1. The Kier molecular flexibility index (Phi) is 8.87. The molecule has 0 saturated carbocycles. The summed E-state index contributed by atoms with van der Waals surface area (Å²) in [6, 6.07) is 44.1. The molecule has 0 amide bonds. The molecule has 0 heterocycles. The third-order valence-electron chi connectivity index (χ3n) is 6.25. The molecular weight excluding hydrogens is 419 g/mol. The summed E-state index contributed by atoms with van der Waals surface area (Å²) < 4.78 is 5.93. The van der Waals surface area contributed by atoms with Crippen molar-refractivity contribution in [2.24, 2.45) is 0 Å². The van der Waals surface area contributed by atoms with Crippen LogP contribution in [0.5, 0.6) is 0 Å². The van der Waals surface area contributed by atoms with Crippen LogP contribution in [0.1, 0.15) is 24.8 Å². The number of unbranched alkanes of at least 4 members (excludes halogenated alkanes) is 2. The fraction of sp³-hybridized carbons (Fsp3) is 0.226. The van der Waals surface area contributed by atoms with E-state index in [0.717, 1.165) is 26.1 Å². The largest absolute Gasteiger partial charge is 0.381 e. The molecular formula is C31H34OP+. The van der Waals surface area contributed by atoms with Crippen molar-refractivity contribution in [3.05, 3.63) is 127 Å². The van der Waals surface area contributed by atoms with Crippen molar-refractivity contribution in [3.63, 3.8) is 0 Å². The topological polar surface area (TPSA) is 9.23 Å². The Bertz CT molecular complexity index is 952. The van der Waals surface area contributed by atoms with Gasteiger partial charge in [-0.1, -0.05) is 84.9 Å². The van der Waals surface area contributed by atoms with E-state index in [9.17, 15) is 0 Å². The quantitative estimate of drug-likeness (QED) is 0.178. The highest BCUT2D eigenvalue weighted by Gasteiger charge is 2.44. The van der Waals surface area contributed by atoms with Crippen LogP contribution in [0.3, 0.4) is 0 Å². The van der Waals surface area contributed by atoms with Crippen molar-refractivity contribution in [2.45, 2.75) is 25.7 Å². The van der Waals surface area contributed by atoms with E-state index in [0.29, 0.717) is 0 Å². The average molecular weight is 454 g/mol. The second-order valence-electron chi connectivity index (χ2n) is 8.45. The summed E-state index contributed by atoms with van der Waals surface area (Å²) in [5.74, 6) is 0. The van der Waals surface area contributed by atoms with Crippen LogP contribution < -0.4 is 15.9 Å². The van der Waals surface area contributed by atoms with E-state index in [-0.39, 0.29) is 0 Å². The minimum absolute atomic E-state index is 0.805. The van der Waals surface area contributed by atoms with Gasteiger partial charge in [-0.3, -0.25) is 0 Å². The Balaban J connectivity index is 1.41. The molecule has 4 aromatic carbocycles. The van der Waals surface area contributed by atoms with Crippen LogP contribution in [0.25, 0.3) is 0 Å². The SMILES string of the molecule is c1ccc(CCOCCCCC[P+](c2ccccc2)(c2ccccc2)c2ccccc2)cc1. The number of ether oxygens (including phenoxy) is 1. The second kappa shape index (κ2) is 12.5. The maximum Gasteiger partial charge on any atom is 0.112 e. The third-order valence-corrected chi connectivity index (χ3v) is 10.8. The number of hydrogen-bond acceptors (Lipinski definition) is 1. The van der Waals surface area contributed by atoms with Crippen molar-refractivity contribution < 1.29 is 4.74 Å². The summed E-state index contributed by atoms with van der Waals surface area (Å²) in [7, 11) is -1.70. The predicted molar refractivity (Wildman–Crippen MR) is 145 cm³/mol. The van der Waals surface area contributed by atoms with Gasteiger partial charge in [-0.15, -0.1) is 0 Å². The smallest absolute Gasteiger partial charge is 0.112 e. The molecule has 168 valence electrons. The number of hydrogen-bond donors (Lipinski definition) is 0. The molecule has 4 aromatic rings. The lowest BCUT2D eigenvalue weighted by Gasteiger charge is -2.27. The Morgan fingerprint density at radius 3 is 1.39 bits per heavy atom. The molecule has 0 radical (unpaired) electrons. The van der Waals surface area contributed by atoms with Crippen LogP contribution in [0.15, 0.2) is 121 Å². The molecule has 1 nitrogen and oxygen atoms in total. The number of benzene rings is 4. The predicted octanol–water partition coefficient (Wildman–Crippen LogP) is 6.41. The molecule has 0 fully saturated rings. The molecule has 4 rings (SSSR count). The van der Waals surface area contributed by atoms with Gasteiger partial charge in [0, 0.05) is 6.61 Å². The first kappa shape index (κ1) is 23.4. The van der Waals surface area contributed by atoms with E-state index in [4.69, 9.17) is 4.74 Å². The molecule has 33 heavy (non-hydrogen) atoms. The molecule has 0 unspecified atom stereocenters. The van der Waals surface area contributed by atoms with E-state index in [2.05, 4.69) is 121 Å². The first-order chi connectivity index (χ1) is 16.4. The Labute approximate surface area is 199 Å². The Hall–Kier alpha value is -2.73. The van der Waals surface area contributed by atoms with E-state index in [1.165, 1.54) is 40.5 Å². The number of rotatable bonds is 12. The van der Waals surface area contributed by atoms with Gasteiger partial charge in [0.2, 0.25) is 0 Å². The maximum absolute atomic E-state index is 5.93. The molecule has 0 saturated heterocycles. The molecule has 0 aliphatic carbocycles.